The maximum absolute atomic E-state index is 10.9. The number of ether oxygens (including phenoxy) is 1. The second-order valence-corrected chi connectivity index (χ2v) is 3.18. The first kappa shape index (κ1) is 13.4. The number of carbonyl (C=O) groups excluding carboxylic acids is 1. The van der Waals surface area contributed by atoms with Gasteiger partial charge in [-0.1, -0.05) is 0 Å². The summed E-state index contributed by atoms with van der Waals surface area (Å²) in [7, 11) is 1.56. The van der Waals surface area contributed by atoms with E-state index in [1.165, 1.54) is 12.3 Å². The van der Waals surface area contributed by atoms with Crippen LogP contribution in [0, 0.1) is 0 Å². The molecule has 2 aromatic rings. The smallest absolute Gasteiger partial charge is 0.336 e. The number of carbonyl (C=O) groups is 2. The first-order chi connectivity index (χ1) is 8.63. The number of carboxylic acid groups (broad SMARTS) is 1. The van der Waals surface area contributed by atoms with Crippen LogP contribution >= 0.6 is 0 Å². The second-order valence-electron chi connectivity index (χ2n) is 3.18. The van der Waals surface area contributed by atoms with Gasteiger partial charge in [0.1, 0.15) is 5.75 Å². The lowest BCUT2D eigenvalue weighted by atomic mass is 10.1. The standard InChI is InChI=1S/C11H9NO3.CH3NO/c1-15-7-2-3-8-9(11(13)14)4-5-12-10(8)6-7;2-1-3/h2-6H,1H3,(H,13,14);1H,(H2,2,3). The van der Waals surface area contributed by atoms with Crippen molar-refractivity contribution in [2.45, 2.75) is 0 Å². The molecule has 0 radical (unpaired) electrons. The van der Waals surface area contributed by atoms with Crippen LogP contribution in [0.25, 0.3) is 10.9 Å². The van der Waals surface area contributed by atoms with Gasteiger partial charge in [0.2, 0.25) is 6.41 Å². The van der Waals surface area contributed by atoms with E-state index in [0.717, 1.165) is 0 Å². The third-order valence-corrected chi connectivity index (χ3v) is 2.18. The lowest BCUT2D eigenvalue weighted by Gasteiger charge is -2.03. The van der Waals surface area contributed by atoms with E-state index in [2.05, 4.69) is 10.7 Å². The van der Waals surface area contributed by atoms with Crippen LogP contribution in [0.2, 0.25) is 0 Å². The first-order valence-corrected chi connectivity index (χ1v) is 4.95. The molecule has 6 nitrogen and oxygen atoms in total. The van der Waals surface area contributed by atoms with E-state index in [9.17, 15) is 4.79 Å². The Balaban J connectivity index is 0.000000492. The Kier molecular flexibility index (Phi) is 4.62. The van der Waals surface area contributed by atoms with Crippen molar-refractivity contribution in [3.05, 3.63) is 36.0 Å². The lowest BCUT2D eigenvalue weighted by molar-refractivity contribution is -0.106. The Labute approximate surface area is 103 Å². The van der Waals surface area contributed by atoms with Crippen molar-refractivity contribution in [1.82, 2.24) is 4.98 Å². The average Bonchev–Trinajstić information content (AvgIpc) is 2.38. The van der Waals surface area contributed by atoms with Crippen LogP contribution in [0.4, 0.5) is 0 Å². The fourth-order valence-electron chi connectivity index (χ4n) is 1.44. The van der Waals surface area contributed by atoms with Gasteiger partial charge < -0.3 is 15.6 Å². The van der Waals surface area contributed by atoms with Crippen molar-refractivity contribution in [2.24, 2.45) is 5.73 Å². The van der Waals surface area contributed by atoms with Crippen LogP contribution in [0.1, 0.15) is 10.4 Å². The SMILES string of the molecule is COc1ccc2c(C(=O)O)ccnc2c1.NC=O. The van der Waals surface area contributed by atoms with Crippen LogP contribution in [0.15, 0.2) is 30.5 Å². The number of primary amides is 1. The molecule has 1 aromatic heterocycles. The number of hydrogen-bond donors (Lipinski definition) is 2. The Morgan fingerprint density at radius 3 is 2.67 bits per heavy atom. The maximum Gasteiger partial charge on any atom is 0.336 e. The molecule has 0 saturated heterocycles. The fourth-order valence-corrected chi connectivity index (χ4v) is 1.44. The molecule has 0 saturated carbocycles. The molecule has 0 aliphatic rings. The van der Waals surface area contributed by atoms with Gasteiger partial charge in [-0.3, -0.25) is 9.78 Å². The summed E-state index contributed by atoms with van der Waals surface area (Å²) < 4.78 is 5.04. The highest BCUT2D eigenvalue weighted by molar-refractivity contribution is 6.02. The summed E-state index contributed by atoms with van der Waals surface area (Å²) in [4.78, 5) is 23.6. The summed E-state index contributed by atoms with van der Waals surface area (Å²) in [6, 6.07) is 6.61. The highest BCUT2D eigenvalue weighted by Gasteiger charge is 2.08. The van der Waals surface area contributed by atoms with Crippen molar-refractivity contribution in [3.63, 3.8) is 0 Å². The number of amides is 1. The minimum atomic E-state index is -0.951. The number of fused-ring (bicyclic) bond motifs is 1. The normalized spacial score (nSPS) is 9.17. The molecule has 0 unspecified atom stereocenters. The van der Waals surface area contributed by atoms with Gasteiger partial charge in [-0.2, -0.15) is 0 Å². The number of hydrogen-bond acceptors (Lipinski definition) is 4. The number of benzene rings is 1. The molecule has 3 N–H and O–H groups in total. The van der Waals surface area contributed by atoms with Crippen LogP contribution < -0.4 is 10.5 Å². The van der Waals surface area contributed by atoms with E-state index in [4.69, 9.17) is 14.6 Å². The molecular formula is C12H12N2O4. The second kappa shape index (κ2) is 6.19. The Morgan fingerprint density at radius 2 is 2.11 bits per heavy atom. The van der Waals surface area contributed by atoms with Crippen LogP contribution in [-0.4, -0.2) is 29.6 Å². The van der Waals surface area contributed by atoms with Crippen molar-refractivity contribution < 1.29 is 19.4 Å². The highest BCUT2D eigenvalue weighted by atomic mass is 16.5. The van der Waals surface area contributed by atoms with Gasteiger partial charge in [0.25, 0.3) is 0 Å². The number of nitrogens with two attached hydrogens (primary N) is 1. The molecule has 0 bridgehead atoms. The summed E-state index contributed by atoms with van der Waals surface area (Å²) in [5, 5.41) is 9.57. The van der Waals surface area contributed by atoms with E-state index in [-0.39, 0.29) is 12.0 Å². The van der Waals surface area contributed by atoms with Crippen molar-refractivity contribution >= 4 is 23.3 Å². The molecule has 1 heterocycles. The zero-order valence-electron chi connectivity index (χ0n) is 9.66. The molecule has 0 fully saturated rings. The van der Waals surface area contributed by atoms with Crippen molar-refractivity contribution in [3.8, 4) is 5.75 Å². The lowest BCUT2D eigenvalue weighted by Crippen LogP contribution is -1.98. The topological polar surface area (TPSA) is 103 Å². The van der Waals surface area contributed by atoms with Crippen molar-refractivity contribution in [1.29, 1.82) is 0 Å². The van der Waals surface area contributed by atoms with Crippen LogP contribution in [0.5, 0.6) is 5.75 Å². The number of aromatic carboxylic acids is 1. The van der Waals surface area contributed by atoms with Gasteiger partial charge in [-0.15, -0.1) is 0 Å². The zero-order chi connectivity index (χ0) is 13.5. The predicted octanol–water partition coefficient (Wildman–Crippen LogP) is 1.04. The summed E-state index contributed by atoms with van der Waals surface area (Å²) >= 11 is 0. The van der Waals surface area contributed by atoms with Gasteiger partial charge in [0.15, 0.2) is 0 Å². The predicted molar refractivity (Wildman–Crippen MR) is 65.5 cm³/mol. The number of aromatic nitrogens is 1. The molecule has 0 atom stereocenters. The van der Waals surface area contributed by atoms with E-state index in [1.807, 2.05) is 0 Å². The quantitative estimate of drug-likeness (QED) is 0.773. The number of nitrogens with zero attached hydrogens (tertiary/aromatic N) is 1. The van der Waals surface area contributed by atoms with Gasteiger partial charge in [0, 0.05) is 17.6 Å². The van der Waals surface area contributed by atoms with Crippen LogP contribution in [-0.2, 0) is 4.79 Å². The van der Waals surface area contributed by atoms with Gasteiger partial charge >= 0.3 is 5.97 Å². The van der Waals surface area contributed by atoms with E-state index >= 15 is 0 Å². The number of carboxylic acids is 1. The first-order valence-electron chi connectivity index (χ1n) is 4.95. The number of methoxy groups -OCH3 is 1. The molecule has 2 rings (SSSR count). The third-order valence-electron chi connectivity index (χ3n) is 2.18. The summed E-state index contributed by atoms with van der Waals surface area (Å²) in [5.74, 6) is -0.287. The Hall–Kier alpha value is -2.63. The molecular weight excluding hydrogens is 236 g/mol. The van der Waals surface area contributed by atoms with Crippen molar-refractivity contribution in [2.75, 3.05) is 7.11 Å². The van der Waals surface area contributed by atoms with E-state index in [0.29, 0.717) is 16.7 Å². The maximum atomic E-state index is 10.9. The summed E-state index contributed by atoms with van der Waals surface area (Å²) in [5.41, 5.74) is 5.04. The monoisotopic (exact) mass is 248 g/mol. The van der Waals surface area contributed by atoms with Gasteiger partial charge in [0.05, 0.1) is 18.2 Å². The highest BCUT2D eigenvalue weighted by Crippen LogP contribution is 2.21. The van der Waals surface area contributed by atoms with Crippen LogP contribution in [0.3, 0.4) is 0 Å². The zero-order valence-corrected chi connectivity index (χ0v) is 9.66. The van der Waals surface area contributed by atoms with E-state index < -0.39 is 5.97 Å². The molecule has 94 valence electrons. The third kappa shape index (κ3) is 2.94. The summed E-state index contributed by atoms with van der Waals surface area (Å²) in [6.45, 7) is 0. The minimum absolute atomic E-state index is 0.250. The molecule has 0 aliphatic heterocycles. The molecule has 1 amide bonds. The molecule has 1 aromatic carbocycles. The van der Waals surface area contributed by atoms with Gasteiger partial charge in [-0.05, 0) is 18.2 Å². The fraction of sp³-hybridized carbons (Fsp3) is 0.0833. The Bertz CT molecular complexity index is 569. The molecule has 6 heteroatoms. The average molecular weight is 248 g/mol. The largest absolute Gasteiger partial charge is 0.497 e. The van der Waals surface area contributed by atoms with E-state index in [1.54, 1.807) is 25.3 Å². The number of rotatable bonds is 2. The molecule has 0 aliphatic carbocycles. The summed E-state index contributed by atoms with van der Waals surface area (Å²) in [6.07, 6.45) is 1.73. The minimum Gasteiger partial charge on any atom is -0.497 e. The number of pyridine rings is 1. The molecule has 0 spiro atoms. The van der Waals surface area contributed by atoms with Gasteiger partial charge in [-0.25, -0.2) is 4.79 Å². The molecule has 18 heavy (non-hydrogen) atoms. The Morgan fingerprint density at radius 1 is 1.44 bits per heavy atom.